The summed E-state index contributed by atoms with van der Waals surface area (Å²) in [4.78, 5) is 4.39. The minimum absolute atomic E-state index is 0.254. The number of nitrogens with one attached hydrogen (secondary N) is 1. The molecule has 4 heteroatoms. The second kappa shape index (κ2) is 3.87. The molecule has 1 fully saturated rings. The van der Waals surface area contributed by atoms with E-state index in [1.165, 1.54) is 18.9 Å². The van der Waals surface area contributed by atoms with Crippen molar-refractivity contribution in [3.05, 3.63) is 42.0 Å². The van der Waals surface area contributed by atoms with E-state index in [0.29, 0.717) is 11.7 Å². The lowest BCUT2D eigenvalue weighted by Gasteiger charge is -2.09. The summed E-state index contributed by atoms with van der Waals surface area (Å²) in [6.45, 7) is 1.95. The van der Waals surface area contributed by atoms with Crippen LogP contribution in [0.5, 0.6) is 0 Å². The molecule has 2 aromatic rings. The van der Waals surface area contributed by atoms with Gasteiger partial charge in [0, 0.05) is 12.2 Å². The Kier molecular flexibility index (Phi) is 2.35. The molecule has 1 aliphatic carbocycles. The highest BCUT2D eigenvalue weighted by molar-refractivity contribution is 5.54. The SMILES string of the molecule is Cc1cn(C2CC2)c(Nc2ccccc2F)n1. The molecule has 1 saturated carbocycles. The maximum Gasteiger partial charge on any atom is 0.207 e. The average Bonchev–Trinajstić information content (AvgIpc) is 3.07. The average molecular weight is 231 g/mol. The Morgan fingerprint density at radius 2 is 2.12 bits per heavy atom. The highest BCUT2D eigenvalue weighted by Crippen LogP contribution is 2.38. The summed E-state index contributed by atoms with van der Waals surface area (Å²) in [7, 11) is 0. The summed E-state index contributed by atoms with van der Waals surface area (Å²) >= 11 is 0. The second-order valence-electron chi connectivity index (χ2n) is 4.45. The van der Waals surface area contributed by atoms with Crippen molar-refractivity contribution in [3.63, 3.8) is 0 Å². The predicted molar refractivity (Wildman–Crippen MR) is 64.9 cm³/mol. The molecule has 0 atom stereocenters. The summed E-state index contributed by atoms with van der Waals surface area (Å²) in [6.07, 6.45) is 4.38. The summed E-state index contributed by atoms with van der Waals surface area (Å²) < 4.78 is 15.6. The van der Waals surface area contributed by atoms with Crippen LogP contribution in [0.25, 0.3) is 0 Å². The van der Waals surface area contributed by atoms with Crippen LogP contribution >= 0.6 is 0 Å². The third-order valence-corrected chi connectivity index (χ3v) is 2.91. The molecule has 88 valence electrons. The van der Waals surface area contributed by atoms with E-state index in [1.807, 2.05) is 19.2 Å². The molecule has 1 aromatic heterocycles. The quantitative estimate of drug-likeness (QED) is 0.877. The van der Waals surface area contributed by atoms with Gasteiger partial charge in [-0.25, -0.2) is 9.37 Å². The number of para-hydroxylation sites is 1. The van der Waals surface area contributed by atoms with E-state index in [1.54, 1.807) is 12.1 Å². The number of anilines is 2. The van der Waals surface area contributed by atoms with Gasteiger partial charge in [0.25, 0.3) is 0 Å². The van der Waals surface area contributed by atoms with Gasteiger partial charge in [-0.2, -0.15) is 0 Å². The van der Waals surface area contributed by atoms with Gasteiger partial charge in [-0.05, 0) is 31.9 Å². The molecule has 0 bridgehead atoms. The molecule has 0 amide bonds. The van der Waals surface area contributed by atoms with E-state index >= 15 is 0 Å². The van der Waals surface area contributed by atoms with Gasteiger partial charge in [0.2, 0.25) is 5.95 Å². The Hall–Kier alpha value is -1.84. The summed E-state index contributed by atoms with van der Waals surface area (Å²) in [5.41, 5.74) is 1.43. The van der Waals surface area contributed by atoms with Gasteiger partial charge >= 0.3 is 0 Å². The minimum atomic E-state index is -0.254. The molecule has 0 spiro atoms. The van der Waals surface area contributed by atoms with Gasteiger partial charge in [-0.3, -0.25) is 0 Å². The fourth-order valence-corrected chi connectivity index (χ4v) is 1.92. The topological polar surface area (TPSA) is 29.9 Å². The summed E-state index contributed by atoms with van der Waals surface area (Å²) in [6, 6.07) is 7.18. The lowest BCUT2D eigenvalue weighted by Crippen LogP contribution is -2.02. The second-order valence-corrected chi connectivity index (χ2v) is 4.45. The fourth-order valence-electron chi connectivity index (χ4n) is 1.92. The largest absolute Gasteiger partial charge is 0.323 e. The smallest absolute Gasteiger partial charge is 0.207 e. The lowest BCUT2D eigenvalue weighted by atomic mass is 10.3. The molecule has 1 aliphatic rings. The van der Waals surface area contributed by atoms with Crippen molar-refractivity contribution in [1.82, 2.24) is 9.55 Å². The zero-order chi connectivity index (χ0) is 11.8. The number of halogens is 1. The number of hydrogen-bond donors (Lipinski definition) is 1. The zero-order valence-electron chi connectivity index (χ0n) is 9.65. The van der Waals surface area contributed by atoms with Crippen LogP contribution in [0.15, 0.2) is 30.5 Å². The number of hydrogen-bond acceptors (Lipinski definition) is 2. The van der Waals surface area contributed by atoms with Crippen LogP contribution in [0.4, 0.5) is 16.0 Å². The monoisotopic (exact) mass is 231 g/mol. The van der Waals surface area contributed by atoms with Crippen LogP contribution < -0.4 is 5.32 Å². The molecule has 1 heterocycles. The van der Waals surface area contributed by atoms with Crippen LogP contribution in [-0.4, -0.2) is 9.55 Å². The first-order chi connectivity index (χ1) is 8.24. The maximum absolute atomic E-state index is 13.5. The molecular formula is C13H14FN3. The normalized spacial score (nSPS) is 14.9. The van der Waals surface area contributed by atoms with Crippen molar-refractivity contribution < 1.29 is 4.39 Å². The van der Waals surface area contributed by atoms with Gasteiger partial charge < -0.3 is 9.88 Å². The van der Waals surface area contributed by atoms with Gasteiger partial charge in [-0.1, -0.05) is 12.1 Å². The van der Waals surface area contributed by atoms with Crippen molar-refractivity contribution in [2.75, 3.05) is 5.32 Å². The highest BCUT2D eigenvalue weighted by atomic mass is 19.1. The molecule has 0 radical (unpaired) electrons. The molecule has 1 aromatic carbocycles. The first kappa shape index (κ1) is 10.3. The van der Waals surface area contributed by atoms with Gasteiger partial charge in [-0.15, -0.1) is 0 Å². The molecule has 0 unspecified atom stereocenters. The Balaban J connectivity index is 1.92. The first-order valence-corrected chi connectivity index (χ1v) is 5.81. The third kappa shape index (κ3) is 2.02. The number of nitrogens with zero attached hydrogens (tertiary/aromatic N) is 2. The van der Waals surface area contributed by atoms with Crippen molar-refractivity contribution >= 4 is 11.6 Å². The Labute approximate surface area is 99.3 Å². The number of imidazole rings is 1. The van der Waals surface area contributed by atoms with Crippen LogP contribution in [0, 0.1) is 12.7 Å². The van der Waals surface area contributed by atoms with Gasteiger partial charge in [0.1, 0.15) is 5.82 Å². The molecule has 3 nitrogen and oxygen atoms in total. The van der Waals surface area contributed by atoms with Crippen molar-refractivity contribution in [2.24, 2.45) is 0 Å². The predicted octanol–water partition coefficient (Wildman–Crippen LogP) is 3.41. The fraction of sp³-hybridized carbons (Fsp3) is 0.308. The van der Waals surface area contributed by atoms with Crippen LogP contribution in [0.3, 0.4) is 0 Å². The molecule has 0 aliphatic heterocycles. The maximum atomic E-state index is 13.5. The molecule has 0 saturated heterocycles. The standard InChI is InChI=1S/C13H14FN3/c1-9-8-17(10-6-7-10)13(15-9)16-12-5-3-2-4-11(12)14/h2-5,8,10H,6-7H2,1H3,(H,15,16). The minimum Gasteiger partial charge on any atom is -0.323 e. The summed E-state index contributed by atoms with van der Waals surface area (Å²) in [5.74, 6) is 0.477. The van der Waals surface area contributed by atoms with Crippen molar-refractivity contribution in [3.8, 4) is 0 Å². The lowest BCUT2D eigenvalue weighted by molar-refractivity contribution is 0.631. The van der Waals surface area contributed by atoms with Gasteiger partial charge in [0.05, 0.1) is 11.4 Å². The zero-order valence-corrected chi connectivity index (χ0v) is 9.65. The van der Waals surface area contributed by atoms with Crippen molar-refractivity contribution in [2.45, 2.75) is 25.8 Å². The van der Waals surface area contributed by atoms with E-state index in [4.69, 9.17) is 0 Å². The highest BCUT2D eigenvalue weighted by Gasteiger charge is 2.26. The van der Waals surface area contributed by atoms with Crippen LogP contribution in [0.2, 0.25) is 0 Å². The Morgan fingerprint density at radius 1 is 1.35 bits per heavy atom. The molecule has 1 N–H and O–H groups in total. The van der Waals surface area contributed by atoms with Crippen LogP contribution in [-0.2, 0) is 0 Å². The van der Waals surface area contributed by atoms with E-state index < -0.39 is 0 Å². The van der Waals surface area contributed by atoms with E-state index in [2.05, 4.69) is 14.9 Å². The van der Waals surface area contributed by atoms with E-state index in [9.17, 15) is 4.39 Å². The summed E-state index contributed by atoms with van der Waals surface area (Å²) in [5, 5.41) is 3.06. The molecular weight excluding hydrogens is 217 g/mol. The van der Waals surface area contributed by atoms with E-state index in [-0.39, 0.29) is 5.82 Å². The first-order valence-electron chi connectivity index (χ1n) is 5.81. The Bertz CT molecular complexity index is 543. The van der Waals surface area contributed by atoms with Crippen LogP contribution in [0.1, 0.15) is 24.6 Å². The van der Waals surface area contributed by atoms with E-state index in [0.717, 1.165) is 11.6 Å². The number of rotatable bonds is 3. The van der Waals surface area contributed by atoms with Gasteiger partial charge in [0.15, 0.2) is 0 Å². The third-order valence-electron chi connectivity index (χ3n) is 2.91. The Morgan fingerprint density at radius 3 is 2.82 bits per heavy atom. The number of benzene rings is 1. The number of aromatic nitrogens is 2. The molecule has 3 rings (SSSR count). The van der Waals surface area contributed by atoms with Crippen molar-refractivity contribution in [1.29, 1.82) is 0 Å². The molecule has 17 heavy (non-hydrogen) atoms. The number of aryl methyl sites for hydroxylation is 1.